The highest BCUT2D eigenvalue weighted by molar-refractivity contribution is 7.86. The third kappa shape index (κ3) is 3.71. The fraction of sp³-hybridized carbons (Fsp3) is 0.300. The molecule has 82 valence electrons. The molecule has 0 bridgehead atoms. The summed E-state index contributed by atoms with van der Waals surface area (Å²) in [7, 11) is -3.49. The molecule has 0 saturated carbocycles. The summed E-state index contributed by atoms with van der Waals surface area (Å²) in [6.45, 7) is 1.73. The van der Waals surface area contributed by atoms with Crippen LogP contribution in [-0.4, -0.2) is 21.0 Å². The van der Waals surface area contributed by atoms with Crippen LogP contribution in [0.2, 0.25) is 0 Å². The first-order chi connectivity index (χ1) is 6.92. The highest BCUT2D eigenvalue weighted by Crippen LogP contribution is 2.20. The number of aryl methyl sites for hydroxylation is 1. The van der Waals surface area contributed by atoms with E-state index in [1.807, 2.05) is 0 Å². The monoisotopic (exact) mass is 228 g/mol. The van der Waals surface area contributed by atoms with E-state index in [4.69, 9.17) is 4.18 Å². The van der Waals surface area contributed by atoms with Crippen molar-refractivity contribution in [1.82, 2.24) is 0 Å². The van der Waals surface area contributed by atoms with E-state index >= 15 is 0 Å². The predicted octanol–water partition coefficient (Wildman–Crippen LogP) is 1.07. The van der Waals surface area contributed by atoms with Crippen LogP contribution in [0.3, 0.4) is 0 Å². The van der Waals surface area contributed by atoms with Gasteiger partial charge in [-0.3, -0.25) is 0 Å². The Labute approximate surface area is 89.0 Å². The Kier molecular flexibility index (Phi) is 3.47. The average molecular weight is 228 g/mol. The van der Waals surface area contributed by atoms with Crippen molar-refractivity contribution in [2.45, 2.75) is 13.3 Å². The van der Waals surface area contributed by atoms with E-state index in [2.05, 4.69) is 0 Å². The minimum atomic E-state index is -3.49. The minimum absolute atomic E-state index is 0.298. The average Bonchev–Trinajstić information content (AvgIpc) is 2.08. The summed E-state index contributed by atoms with van der Waals surface area (Å²) >= 11 is 0. The van der Waals surface area contributed by atoms with E-state index < -0.39 is 10.1 Å². The van der Waals surface area contributed by atoms with Crippen molar-refractivity contribution in [3.8, 4) is 5.75 Å². The lowest BCUT2D eigenvalue weighted by Gasteiger charge is -2.07. The first-order valence-electron chi connectivity index (χ1n) is 4.35. The Morgan fingerprint density at radius 3 is 2.53 bits per heavy atom. The van der Waals surface area contributed by atoms with Gasteiger partial charge < -0.3 is 8.98 Å². The standard InChI is InChI=1S/C10H12O4S/c1-8-7-9(5-6-11)3-4-10(8)14-15(2,12)13/h3-4,6-7H,5H2,1-2H3. The van der Waals surface area contributed by atoms with Crippen LogP contribution in [0.4, 0.5) is 0 Å². The highest BCUT2D eigenvalue weighted by atomic mass is 32.2. The van der Waals surface area contributed by atoms with Crippen LogP contribution >= 0.6 is 0 Å². The van der Waals surface area contributed by atoms with E-state index in [0.717, 1.165) is 18.1 Å². The molecule has 0 unspecified atom stereocenters. The zero-order chi connectivity index (χ0) is 11.5. The summed E-state index contributed by atoms with van der Waals surface area (Å²) in [6, 6.07) is 4.95. The Morgan fingerprint density at radius 1 is 1.40 bits per heavy atom. The first kappa shape index (κ1) is 11.7. The molecular formula is C10H12O4S. The van der Waals surface area contributed by atoms with E-state index in [-0.39, 0.29) is 0 Å². The molecule has 0 radical (unpaired) electrons. The second kappa shape index (κ2) is 4.44. The van der Waals surface area contributed by atoms with Crippen LogP contribution < -0.4 is 4.18 Å². The van der Waals surface area contributed by atoms with Crippen molar-refractivity contribution < 1.29 is 17.4 Å². The van der Waals surface area contributed by atoms with E-state index in [1.165, 1.54) is 0 Å². The molecule has 0 aliphatic rings. The number of carbonyl (C=O) groups excluding carboxylic acids is 1. The summed E-state index contributed by atoms with van der Waals surface area (Å²) in [4.78, 5) is 10.3. The number of aldehydes is 1. The van der Waals surface area contributed by atoms with Gasteiger partial charge in [-0.2, -0.15) is 8.42 Å². The van der Waals surface area contributed by atoms with Gasteiger partial charge in [-0.1, -0.05) is 12.1 Å². The molecule has 1 aromatic rings. The molecule has 4 nitrogen and oxygen atoms in total. The molecule has 0 N–H and O–H groups in total. The van der Waals surface area contributed by atoms with Gasteiger partial charge in [-0.05, 0) is 24.1 Å². The molecule has 1 aromatic carbocycles. The second-order valence-corrected chi connectivity index (χ2v) is 4.83. The van der Waals surface area contributed by atoms with E-state index in [1.54, 1.807) is 25.1 Å². The molecule has 0 spiro atoms. The van der Waals surface area contributed by atoms with Crippen LogP contribution in [0.5, 0.6) is 5.75 Å². The molecule has 15 heavy (non-hydrogen) atoms. The summed E-state index contributed by atoms with van der Waals surface area (Å²) < 4.78 is 26.5. The van der Waals surface area contributed by atoms with Crippen LogP contribution in [0.25, 0.3) is 0 Å². The van der Waals surface area contributed by atoms with Crippen LogP contribution in [0.15, 0.2) is 18.2 Å². The Morgan fingerprint density at radius 2 is 2.07 bits per heavy atom. The zero-order valence-corrected chi connectivity index (χ0v) is 9.37. The fourth-order valence-electron chi connectivity index (χ4n) is 1.19. The van der Waals surface area contributed by atoms with Crippen molar-refractivity contribution in [1.29, 1.82) is 0 Å². The molecule has 0 atom stereocenters. The molecule has 0 aliphatic carbocycles. The maximum Gasteiger partial charge on any atom is 0.306 e. The summed E-state index contributed by atoms with van der Waals surface area (Å²) in [6.07, 6.45) is 2.11. The van der Waals surface area contributed by atoms with Crippen LogP contribution in [0.1, 0.15) is 11.1 Å². The third-order valence-electron chi connectivity index (χ3n) is 1.80. The molecular weight excluding hydrogens is 216 g/mol. The predicted molar refractivity (Wildman–Crippen MR) is 56.4 cm³/mol. The summed E-state index contributed by atoms with van der Waals surface area (Å²) in [5, 5.41) is 0. The number of hydrogen-bond acceptors (Lipinski definition) is 4. The van der Waals surface area contributed by atoms with E-state index in [9.17, 15) is 13.2 Å². The Balaban J connectivity index is 2.98. The second-order valence-electron chi connectivity index (χ2n) is 3.26. The van der Waals surface area contributed by atoms with Gasteiger partial charge >= 0.3 is 10.1 Å². The number of benzene rings is 1. The topological polar surface area (TPSA) is 60.4 Å². The van der Waals surface area contributed by atoms with Gasteiger partial charge in [-0.25, -0.2) is 0 Å². The van der Waals surface area contributed by atoms with Crippen molar-refractivity contribution in [2.75, 3.05) is 6.26 Å². The van der Waals surface area contributed by atoms with Crippen molar-refractivity contribution >= 4 is 16.4 Å². The van der Waals surface area contributed by atoms with Gasteiger partial charge in [0.15, 0.2) is 0 Å². The van der Waals surface area contributed by atoms with Gasteiger partial charge in [0, 0.05) is 6.42 Å². The van der Waals surface area contributed by atoms with Crippen molar-refractivity contribution in [3.05, 3.63) is 29.3 Å². The van der Waals surface area contributed by atoms with Crippen LogP contribution in [-0.2, 0) is 21.3 Å². The fourth-order valence-corrected chi connectivity index (χ4v) is 1.70. The highest BCUT2D eigenvalue weighted by Gasteiger charge is 2.07. The quantitative estimate of drug-likeness (QED) is 0.571. The molecule has 1 rings (SSSR count). The minimum Gasteiger partial charge on any atom is -0.382 e. The molecule has 0 fully saturated rings. The number of hydrogen-bond donors (Lipinski definition) is 0. The lowest BCUT2D eigenvalue weighted by molar-refractivity contribution is -0.107. The molecule has 5 heteroatoms. The molecule has 0 amide bonds. The Bertz CT molecular complexity index is 462. The maximum absolute atomic E-state index is 10.9. The zero-order valence-electron chi connectivity index (χ0n) is 8.56. The lowest BCUT2D eigenvalue weighted by atomic mass is 10.1. The molecule has 0 saturated heterocycles. The van der Waals surface area contributed by atoms with Crippen molar-refractivity contribution in [2.24, 2.45) is 0 Å². The van der Waals surface area contributed by atoms with Gasteiger partial charge in [0.2, 0.25) is 0 Å². The Hall–Kier alpha value is -1.36. The van der Waals surface area contributed by atoms with Crippen molar-refractivity contribution in [3.63, 3.8) is 0 Å². The largest absolute Gasteiger partial charge is 0.382 e. The molecule has 0 aromatic heterocycles. The lowest BCUT2D eigenvalue weighted by Crippen LogP contribution is -2.06. The van der Waals surface area contributed by atoms with Gasteiger partial charge in [0.1, 0.15) is 12.0 Å². The first-order valence-corrected chi connectivity index (χ1v) is 6.16. The summed E-state index contributed by atoms with van der Waals surface area (Å²) in [5.41, 5.74) is 1.53. The normalized spacial score (nSPS) is 11.1. The van der Waals surface area contributed by atoms with Crippen LogP contribution in [0, 0.1) is 6.92 Å². The number of rotatable bonds is 4. The smallest absolute Gasteiger partial charge is 0.306 e. The molecule has 0 heterocycles. The van der Waals surface area contributed by atoms with E-state index in [0.29, 0.717) is 17.7 Å². The van der Waals surface area contributed by atoms with Gasteiger partial charge in [-0.15, -0.1) is 0 Å². The van der Waals surface area contributed by atoms with Gasteiger partial charge in [0.25, 0.3) is 0 Å². The van der Waals surface area contributed by atoms with Gasteiger partial charge in [0.05, 0.1) is 6.26 Å². The summed E-state index contributed by atoms with van der Waals surface area (Å²) in [5.74, 6) is 0.298. The SMILES string of the molecule is Cc1cc(CC=O)ccc1OS(C)(=O)=O. The maximum atomic E-state index is 10.9. The number of carbonyl (C=O) groups is 1. The third-order valence-corrected chi connectivity index (χ3v) is 2.28. The molecule has 0 aliphatic heterocycles.